The van der Waals surface area contributed by atoms with Crippen molar-refractivity contribution in [3.63, 3.8) is 0 Å². The summed E-state index contributed by atoms with van der Waals surface area (Å²) in [6, 6.07) is 8.98. The highest BCUT2D eigenvalue weighted by Gasteiger charge is 2.45. The highest BCUT2D eigenvalue weighted by Crippen LogP contribution is 2.52. The third kappa shape index (κ3) is 3.87. The van der Waals surface area contributed by atoms with Crippen molar-refractivity contribution in [3.05, 3.63) is 53.3 Å². The highest BCUT2D eigenvalue weighted by molar-refractivity contribution is 5.66. The van der Waals surface area contributed by atoms with Gasteiger partial charge in [0.05, 0.1) is 6.10 Å². The number of aromatic nitrogens is 1. The average molecular weight is 376 g/mol. The van der Waals surface area contributed by atoms with Crippen LogP contribution in [0.1, 0.15) is 70.1 Å². The molecule has 0 amide bonds. The van der Waals surface area contributed by atoms with Gasteiger partial charge in [0.1, 0.15) is 0 Å². The number of hydrogen-bond acceptors (Lipinski definition) is 2. The van der Waals surface area contributed by atoms with Crippen LogP contribution in [0.3, 0.4) is 0 Å². The largest absolute Gasteiger partial charge is 0.381 e. The molecule has 1 aromatic carbocycles. The lowest BCUT2D eigenvalue weighted by molar-refractivity contribution is 0.00533. The fourth-order valence-electron chi connectivity index (χ4n) is 4.70. The first-order valence-corrected chi connectivity index (χ1v) is 10.3. The van der Waals surface area contributed by atoms with Crippen LogP contribution < -0.4 is 0 Å². The molecule has 1 aliphatic rings. The van der Waals surface area contributed by atoms with Gasteiger partial charge in [-0.25, -0.2) is 0 Å². The molecule has 0 N–H and O–H groups in total. The average Bonchev–Trinajstić information content (AvgIpc) is 2.69. The quantitative estimate of drug-likeness (QED) is 0.585. The second-order valence-corrected chi connectivity index (χ2v) is 8.99. The topological polar surface area (TPSA) is 22.1 Å². The molecule has 1 heterocycles. The van der Waals surface area contributed by atoms with Crippen molar-refractivity contribution in [2.45, 2.75) is 71.8 Å². The molecular weight excluding hydrogens is 342 g/mol. The van der Waals surface area contributed by atoms with Gasteiger partial charge < -0.3 is 4.74 Å². The molecule has 1 aliphatic carbocycles. The predicted octanol–water partition coefficient (Wildman–Crippen LogP) is 6.30. The molecule has 2 nitrogen and oxygen atoms in total. The van der Waals surface area contributed by atoms with Crippen LogP contribution in [-0.2, 0) is 10.2 Å². The van der Waals surface area contributed by atoms with Crippen LogP contribution in [0.2, 0.25) is 0 Å². The third-order valence-corrected chi connectivity index (χ3v) is 7.13. The molecule has 2 heteroatoms. The summed E-state index contributed by atoms with van der Waals surface area (Å²) in [7, 11) is 1.84. The predicted molar refractivity (Wildman–Crippen MR) is 117 cm³/mol. The van der Waals surface area contributed by atoms with Crippen LogP contribution in [-0.4, -0.2) is 18.2 Å². The zero-order chi connectivity index (χ0) is 20.4. The summed E-state index contributed by atoms with van der Waals surface area (Å²) in [4.78, 5) is 4.40. The van der Waals surface area contributed by atoms with Gasteiger partial charge in [-0.05, 0) is 73.1 Å². The normalized spacial score (nSPS) is 22.4. The number of ether oxygens (including phenoxy) is 1. The molecule has 1 fully saturated rings. The Morgan fingerprint density at radius 1 is 1.11 bits per heavy atom. The van der Waals surface area contributed by atoms with Crippen molar-refractivity contribution in [1.82, 2.24) is 4.98 Å². The maximum atomic E-state index is 5.62. The van der Waals surface area contributed by atoms with Crippen LogP contribution in [0, 0.1) is 24.2 Å². The number of pyridine rings is 1. The number of nitrogens with zero attached hydrogens (tertiary/aromatic N) is 1. The van der Waals surface area contributed by atoms with E-state index in [0.29, 0.717) is 6.10 Å². The number of hydrogen-bond donors (Lipinski definition) is 0. The van der Waals surface area contributed by atoms with Crippen molar-refractivity contribution >= 4 is 0 Å². The van der Waals surface area contributed by atoms with Gasteiger partial charge in [0.2, 0.25) is 0 Å². The van der Waals surface area contributed by atoms with Crippen LogP contribution in [0.25, 0.3) is 11.1 Å². The molecule has 0 radical (unpaired) electrons. The summed E-state index contributed by atoms with van der Waals surface area (Å²) in [6.45, 7) is 11.4. The molecule has 148 valence electrons. The van der Waals surface area contributed by atoms with Gasteiger partial charge in [-0.15, -0.1) is 5.92 Å². The van der Waals surface area contributed by atoms with Gasteiger partial charge in [0.25, 0.3) is 0 Å². The second kappa shape index (κ2) is 8.10. The molecule has 0 spiro atoms. The molecular formula is C26H33NO. The fraction of sp³-hybridized carbons (Fsp3) is 0.500. The Bertz CT molecular complexity index is 892. The van der Waals surface area contributed by atoms with E-state index in [-0.39, 0.29) is 10.8 Å². The summed E-state index contributed by atoms with van der Waals surface area (Å²) < 4.78 is 5.62. The van der Waals surface area contributed by atoms with E-state index in [0.717, 1.165) is 24.0 Å². The van der Waals surface area contributed by atoms with Gasteiger partial charge in [-0.2, -0.15) is 0 Å². The van der Waals surface area contributed by atoms with E-state index in [1.165, 1.54) is 29.5 Å². The van der Waals surface area contributed by atoms with E-state index in [1.807, 2.05) is 26.4 Å². The van der Waals surface area contributed by atoms with Gasteiger partial charge in [0, 0.05) is 30.6 Å². The monoisotopic (exact) mass is 375 g/mol. The number of methoxy groups -OCH3 is 1. The van der Waals surface area contributed by atoms with E-state index in [4.69, 9.17) is 4.74 Å². The van der Waals surface area contributed by atoms with E-state index in [9.17, 15) is 0 Å². The molecule has 1 saturated carbocycles. The molecule has 0 saturated heterocycles. The van der Waals surface area contributed by atoms with E-state index in [2.05, 4.69) is 68.8 Å². The number of rotatable bonds is 4. The summed E-state index contributed by atoms with van der Waals surface area (Å²) in [5.74, 6) is 6.08. The Morgan fingerprint density at radius 2 is 1.82 bits per heavy atom. The molecule has 3 rings (SSSR count). The molecule has 2 aromatic rings. The number of aryl methyl sites for hydroxylation is 1. The van der Waals surface area contributed by atoms with E-state index in [1.54, 1.807) is 0 Å². The number of benzene rings is 1. The SMILES string of the molecule is CC#Cc1cncc(-c2ccc(C)c(C(C)(C)C3(C)CCC(OC)CC3)c2)c1. The van der Waals surface area contributed by atoms with Gasteiger partial charge >= 0.3 is 0 Å². The fourth-order valence-corrected chi connectivity index (χ4v) is 4.70. The van der Waals surface area contributed by atoms with E-state index >= 15 is 0 Å². The zero-order valence-corrected chi connectivity index (χ0v) is 18.2. The van der Waals surface area contributed by atoms with Crippen molar-refractivity contribution in [3.8, 4) is 23.0 Å². The molecule has 0 bridgehead atoms. The first kappa shape index (κ1) is 20.6. The van der Waals surface area contributed by atoms with Gasteiger partial charge in [-0.1, -0.05) is 44.9 Å². The van der Waals surface area contributed by atoms with E-state index < -0.39 is 0 Å². The smallest absolute Gasteiger partial charge is 0.0571 e. The van der Waals surface area contributed by atoms with Crippen LogP contribution in [0.4, 0.5) is 0 Å². The second-order valence-electron chi connectivity index (χ2n) is 8.99. The Hall–Kier alpha value is -2.11. The summed E-state index contributed by atoms with van der Waals surface area (Å²) in [5, 5.41) is 0. The van der Waals surface area contributed by atoms with Crippen molar-refractivity contribution < 1.29 is 4.74 Å². The minimum atomic E-state index is 0.0834. The maximum absolute atomic E-state index is 5.62. The molecule has 0 unspecified atom stereocenters. The Balaban J connectivity index is 1.99. The maximum Gasteiger partial charge on any atom is 0.0571 e. The minimum Gasteiger partial charge on any atom is -0.381 e. The van der Waals surface area contributed by atoms with Crippen LogP contribution in [0.15, 0.2) is 36.7 Å². The lowest BCUT2D eigenvalue weighted by atomic mass is 9.56. The summed E-state index contributed by atoms with van der Waals surface area (Å²) in [5.41, 5.74) is 6.46. The molecule has 28 heavy (non-hydrogen) atoms. The molecule has 1 aromatic heterocycles. The van der Waals surface area contributed by atoms with Gasteiger partial charge in [0.15, 0.2) is 0 Å². The Labute approximate surface area is 170 Å². The molecule has 0 aliphatic heterocycles. The standard InChI is InChI=1S/C26H33NO/c1-7-8-20-15-22(18-27-17-20)21-10-9-19(2)24(16-21)25(3,4)26(5)13-11-23(28-6)12-14-26/h9-10,15-18,23H,11-14H2,1-6H3. The van der Waals surface area contributed by atoms with Crippen LogP contribution >= 0.6 is 0 Å². The Kier molecular flexibility index (Phi) is 5.96. The van der Waals surface area contributed by atoms with Gasteiger partial charge in [-0.3, -0.25) is 4.98 Å². The first-order chi connectivity index (χ1) is 13.3. The minimum absolute atomic E-state index is 0.0834. The van der Waals surface area contributed by atoms with Crippen molar-refractivity contribution in [1.29, 1.82) is 0 Å². The summed E-state index contributed by atoms with van der Waals surface area (Å²) in [6.07, 6.45) is 8.89. The van der Waals surface area contributed by atoms with Crippen LogP contribution in [0.5, 0.6) is 0 Å². The summed E-state index contributed by atoms with van der Waals surface area (Å²) >= 11 is 0. The lowest BCUT2D eigenvalue weighted by Crippen LogP contribution is -2.43. The molecule has 0 atom stereocenters. The highest BCUT2D eigenvalue weighted by atomic mass is 16.5. The van der Waals surface area contributed by atoms with Crippen molar-refractivity contribution in [2.75, 3.05) is 7.11 Å². The first-order valence-electron chi connectivity index (χ1n) is 10.3. The Morgan fingerprint density at radius 3 is 2.46 bits per heavy atom. The lowest BCUT2D eigenvalue weighted by Gasteiger charge is -2.49. The third-order valence-electron chi connectivity index (χ3n) is 7.13. The van der Waals surface area contributed by atoms with Crippen molar-refractivity contribution in [2.24, 2.45) is 5.41 Å². The zero-order valence-electron chi connectivity index (χ0n) is 18.2.